The van der Waals surface area contributed by atoms with E-state index in [4.69, 9.17) is 0 Å². The lowest BCUT2D eigenvalue weighted by atomic mass is 10.1. The molecule has 6 nitrogen and oxygen atoms in total. The molecule has 3 rings (SSSR count). The Balaban J connectivity index is 1.63. The molecule has 0 unspecified atom stereocenters. The highest BCUT2D eigenvalue weighted by atomic mass is 32.2. The molecule has 98 valence electrons. The maximum Gasteiger partial charge on any atom is 0.289 e. The highest BCUT2D eigenvalue weighted by molar-refractivity contribution is 8.14. The van der Waals surface area contributed by atoms with Crippen LogP contribution in [0.15, 0.2) is 24.5 Å². The van der Waals surface area contributed by atoms with Crippen LogP contribution in [0.25, 0.3) is 0 Å². The second kappa shape index (κ2) is 4.65. The Morgan fingerprint density at radius 3 is 2.74 bits per heavy atom. The standard InChI is InChI=1S/C12H11N3O3S/c16-10-7-19-12(18)15(10)9-5-14(6-9)11(17)8-2-1-3-13-4-8/h1-4,9H,5-7H2. The van der Waals surface area contributed by atoms with E-state index in [0.717, 1.165) is 11.8 Å². The van der Waals surface area contributed by atoms with Crippen molar-refractivity contribution in [1.29, 1.82) is 0 Å². The molecule has 0 aromatic carbocycles. The number of nitrogens with zero attached hydrogens (tertiary/aromatic N) is 3. The molecule has 2 fully saturated rings. The van der Waals surface area contributed by atoms with E-state index in [1.807, 2.05) is 0 Å². The molecule has 2 aliphatic rings. The van der Waals surface area contributed by atoms with E-state index < -0.39 is 0 Å². The van der Waals surface area contributed by atoms with Crippen LogP contribution in [0.2, 0.25) is 0 Å². The molecule has 0 spiro atoms. The normalized spacial score (nSPS) is 19.8. The van der Waals surface area contributed by atoms with Gasteiger partial charge in [0.1, 0.15) is 0 Å². The van der Waals surface area contributed by atoms with Crippen molar-refractivity contribution < 1.29 is 14.4 Å². The van der Waals surface area contributed by atoms with E-state index in [2.05, 4.69) is 4.98 Å². The Hall–Kier alpha value is -1.89. The van der Waals surface area contributed by atoms with Gasteiger partial charge in [0, 0.05) is 25.5 Å². The van der Waals surface area contributed by atoms with E-state index in [1.165, 1.54) is 11.1 Å². The Kier molecular flexibility index (Phi) is 2.98. The number of carbonyl (C=O) groups is 3. The summed E-state index contributed by atoms with van der Waals surface area (Å²) in [6.07, 6.45) is 3.12. The molecule has 0 N–H and O–H groups in total. The fourth-order valence-corrected chi connectivity index (χ4v) is 2.95. The van der Waals surface area contributed by atoms with Crippen LogP contribution in [-0.4, -0.2) is 56.7 Å². The third-order valence-electron chi connectivity index (χ3n) is 3.21. The molecule has 0 saturated carbocycles. The number of carbonyl (C=O) groups excluding carboxylic acids is 3. The third kappa shape index (κ3) is 2.10. The highest BCUT2D eigenvalue weighted by Crippen LogP contribution is 2.26. The van der Waals surface area contributed by atoms with Crippen molar-refractivity contribution in [2.75, 3.05) is 18.8 Å². The van der Waals surface area contributed by atoms with Gasteiger partial charge in [-0.2, -0.15) is 0 Å². The molecule has 2 aliphatic heterocycles. The zero-order valence-corrected chi connectivity index (χ0v) is 10.8. The van der Waals surface area contributed by atoms with Gasteiger partial charge in [-0.15, -0.1) is 0 Å². The van der Waals surface area contributed by atoms with Crippen molar-refractivity contribution in [1.82, 2.24) is 14.8 Å². The Labute approximate surface area is 113 Å². The molecular formula is C12H11N3O3S. The van der Waals surface area contributed by atoms with Gasteiger partial charge in [0.05, 0.1) is 17.4 Å². The number of pyridine rings is 1. The maximum absolute atomic E-state index is 12.0. The van der Waals surface area contributed by atoms with Crippen LogP contribution in [0, 0.1) is 0 Å². The largest absolute Gasteiger partial charge is 0.334 e. The smallest absolute Gasteiger partial charge is 0.289 e. The van der Waals surface area contributed by atoms with Crippen LogP contribution >= 0.6 is 11.8 Å². The monoisotopic (exact) mass is 277 g/mol. The predicted octanol–water partition coefficient (Wildman–Crippen LogP) is 0.601. The molecular weight excluding hydrogens is 266 g/mol. The first-order valence-electron chi connectivity index (χ1n) is 5.85. The first-order valence-corrected chi connectivity index (χ1v) is 6.83. The van der Waals surface area contributed by atoms with Crippen LogP contribution in [-0.2, 0) is 4.79 Å². The number of aromatic nitrogens is 1. The van der Waals surface area contributed by atoms with Gasteiger partial charge in [0.25, 0.3) is 11.1 Å². The van der Waals surface area contributed by atoms with Crippen LogP contribution < -0.4 is 0 Å². The van der Waals surface area contributed by atoms with Gasteiger partial charge in [0.15, 0.2) is 0 Å². The van der Waals surface area contributed by atoms with E-state index in [9.17, 15) is 14.4 Å². The summed E-state index contributed by atoms with van der Waals surface area (Å²) in [5, 5.41) is -0.205. The Morgan fingerprint density at radius 1 is 1.37 bits per heavy atom. The predicted molar refractivity (Wildman–Crippen MR) is 68.6 cm³/mol. The first kappa shape index (κ1) is 12.2. The lowest BCUT2D eigenvalue weighted by Crippen LogP contribution is -2.62. The Bertz CT molecular complexity index is 526. The van der Waals surface area contributed by atoms with Gasteiger partial charge in [-0.1, -0.05) is 11.8 Å². The van der Waals surface area contributed by atoms with E-state index in [1.54, 1.807) is 23.2 Å². The van der Waals surface area contributed by atoms with Crippen molar-refractivity contribution in [3.63, 3.8) is 0 Å². The van der Waals surface area contributed by atoms with E-state index in [-0.39, 0.29) is 28.8 Å². The van der Waals surface area contributed by atoms with Gasteiger partial charge in [0.2, 0.25) is 5.91 Å². The van der Waals surface area contributed by atoms with E-state index in [0.29, 0.717) is 18.7 Å². The van der Waals surface area contributed by atoms with E-state index >= 15 is 0 Å². The third-order valence-corrected chi connectivity index (χ3v) is 4.04. The minimum absolute atomic E-state index is 0.115. The molecule has 3 amide bonds. The second-order valence-electron chi connectivity index (χ2n) is 4.42. The fourth-order valence-electron chi connectivity index (χ4n) is 2.17. The summed E-state index contributed by atoms with van der Waals surface area (Å²) in [6.45, 7) is 0.817. The van der Waals surface area contributed by atoms with Gasteiger partial charge in [-0.3, -0.25) is 24.3 Å². The zero-order valence-electron chi connectivity index (χ0n) is 9.98. The van der Waals surface area contributed by atoms with Crippen LogP contribution in [0.4, 0.5) is 4.79 Å². The minimum Gasteiger partial charge on any atom is -0.334 e. The van der Waals surface area contributed by atoms with Gasteiger partial charge < -0.3 is 4.90 Å². The number of likely N-dealkylation sites (tertiary alicyclic amines) is 1. The Morgan fingerprint density at radius 2 is 2.16 bits per heavy atom. The van der Waals surface area contributed by atoms with Crippen LogP contribution in [0.5, 0.6) is 0 Å². The molecule has 19 heavy (non-hydrogen) atoms. The molecule has 0 radical (unpaired) electrons. The van der Waals surface area contributed by atoms with Crippen molar-refractivity contribution in [3.05, 3.63) is 30.1 Å². The maximum atomic E-state index is 12.0. The fraction of sp³-hybridized carbons (Fsp3) is 0.333. The molecule has 0 aliphatic carbocycles. The summed E-state index contributed by atoms with van der Waals surface area (Å²) in [5.74, 6) is -0.0594. The molecule has 0 bridgehead atoms. The number of thioether (sulfide) groups is 1. The molecule has 0 atom stereocenters. The van der Waals surface area contributed by atoms with Crippen LogP contribution in [0.3, 0.4) is 0 Å². The number of hydrogen-bond donors (Lipinski definition) is 0. The average Bonchev–Trinajstić information content (AvgIpc) is 2.70. The molecule has 1 aromatic rings. The van der Waals surface area contributed by atoms with Crippen molar-refractivity contribution in [2.45, 2.75) is 6.04 Å². The van der Waals surface area contributed by atoms with Gasteiger partial charge in [-0.05, 0) is 12.1 Å². The number of amides is 3. The molecule has 2 saturated heterocycles. The topological polar surface area (TPSA) is 70.6 Å². The lowest BCUT2D eigenvalue weighted by molar-refractivity contribution is -0.128. The number of hydrogen-bond acceptors (Lipinski definition) is 5. The summed E-state index contributed by atoms with van der Waals surface area (Å²) in [4.78, 5) is 41.9. The first-order chi connectivity index (χ1) is 9.16. The summed E-state index contributed by atoms with van der Waals surface area (Å²) in [6, 6.07) is 3.23. The summed E-state index contributed by atoms with van der Waals surface area (Å²) < 4.78 is 0. The van der Waals surface area contributed by atoms with Gasteiger partial charge >= 0.3 is 0 Å². The van der Waals surface area contributed by atoms with Gasteiger partial charge in [-0.25, -0.2) is 0 Å². The average molecular weight is 277 g/mol. The van der Waals surface area contributed by atoms with Crippen molar-refractivity contribution >= 4 is 28.8 Å². The molecule has 7 heteroatoms. The molecule has 1 aromatic heterocycles. The summed E-state index contributed by atoms with van der Waals surface area (Å²) >= 11 is 1.02. The number of imide groups is 1. The minimum atomic E-state index is -0.205. The summed E-state index contributed by atoms with van der Waals surface area (Å²) in [5.41, 5.74) is 0.523. The van der Waals surface area contributed by atoms with Crippen LogP contribution in [0.1, 0.15) is 10.4 Å². The highest BCUT2D eigenvalue weighted by Gasteiger charge is 2.43. The number of rotatable bonds is 2. The quantitative estimate of drug-likeness (QED) is 0.791. The van der Waals surface area contributed by atoms with Crippen molar-refractivity contribution in [3.8, 4) is 0 Å². The summed E-state index contributed by atoms with van der Waals surface area (Å²) in [7, 11) is 0. The zero-order chi connectivity index (χ0) is 13.4. The molecule has 3 heterocycles. The van der Waals surface area contributed by atoms with Crippen molar-refractivity contribution in [2.24, 2.45) is 0 Å². The lowest BCUT2D eigenvalue weighted by Gasteiger charge is -2.42. The SMILES string of the molecule is O=C(c1cccnc1)N1CC(N2C(=O)CSC2=O)C1. The second-order valence-corrected chi connectivity index (χ2v) is 5.35.